The van der Waals surface area contributed by atoms with Crippen LogP contribution in [0.3, 0.4) is 0 Å². The Labute approximate surface area is 191 Å². The molecular weight excluding hydrogens is 424 g/mol. The maximum absolute atomic E-state index is 13.4. The second-order valence-corrected chi connectivity index (χ2v) is 7.93. The van der Waals surface area contributed by atoms with E-state index < -0.39 is 17.9 Å². The number of aromatic nitrogens is 1. The van der Waals surface area contributed by atoms with Gasteiger partial charge >= 0.3 is 0 Å². The van der Waals surface area contributed by atoms with Gasteiger partial charge in [-0.2, -0.15) is 0 Å². The minimum Gasteiger partial charge on any atom is -0.467 e. The molecule has 2 N–H and O–H groups in total. The van der Waals surface area contributed by atoms with E-state index in [1.54, 1.807) is 42.7 Å². The molecule has 3 heterocycles. The van der Waals surface area contributed by atoms with Crippen LogP contribution in [-0.2, 0) is 16.1 Å². The van der Waals surface area contributed by atoms with Crippen molar-refractivity contribution in [3.8, 4) is 0 Å². The zero-order valence-corrected chi connectivity index (χ0v) is 18.1. The first-order chi connectivity index (χ1) is 16.1. The van der Waals surface area contributed by atoms with E-state index in [0.717, 1.165) is 25.7 Å². The summed E-state index contributed by atoms with van der Waals surface area (Å²) in [5.41, 5.74) is 0.623. The third-order valence-electron chi connectivity index (χ3n) is 5.66. The summed E-state index contributed by atoms with van der Waals surface area (Å²) < 4.78 is 10.5. The maximum Gasteiger partial charge on any atom is 0.287 e. The summed E-state index contributed by atoms with van der Waals surface area (Å²) in [4.78, 5) is 44.5. The minimum absolute atomic E-state index is 0.0630. The van der Waals surface area contributed by atoms with Gasteiger partial charge in [-0.3, -0.25) is 19.4 Å². The minimum atomic E-state index is -0.910. The molecule has 1 atom stereocenters. The standard InChI is InChI=1S/C24H26N4O5/c29-21(15-26-23(30)20-8-4-14-33-20)28(16-19-7-3-13-32-19)22(17-9-11-25-12-10-17)24(31)27-18-5-1-2-6-18/h3-4,7-14,18,22H,1-2,5-6,15-16H2,(H,26,30)(H,27,31). The van der Waals surface area contributed by atoms with E-state index in [4.69, 9.17) is 8.83 Å². The zero-order valence-electron chi connectivity index (χ0n) is 18.1. The van der Waals surface area contributed by atoms with E-state index >= 15 is 0 Å². The van der Waals surface area contributed by atoms with Crippen molar-refractivity contribution in [2.24, 2.45) is 0 Å². The van der Waals surface area contributed by atoms with Gasteiger partial charge in [-0.05, 0) is 54.8 Å². The van der Waals surface area contributed by atoms with Crippen LogP contribution in [0, 0.1) is 0 Å². The molecule has 33 heavy (non-hydrogen) atoms. The van der Waals surface area contributed by atoms with Crippen molar-refractivity contribution in [1.82, 2.24) is 20.5 Å². The monoisotopic (exact) mass is 450 g/mol. The van der Waals surface area contributed by atoms with Crippen LogP contribution in [-0.4, -0.2) is 40.2 Å². The topological polar surface area (TPSA) is 118 Å². The first kappa shape index (κ1) is 22.3. The Bertz CT molecular complexity index is 1040. The highest BCUT2D eigenvalue weighted by Crippen LogP contribution is 2.25. The molecule has 0 radical (unpaired) electrons. The SMILES string of the molecule is O=C(NCC(=O)N(Cc1ccco1)C(C(=O)NC1CCCC1)c1ccncc1)c1ccco1. The Morgan fingerprint density at radius 1 is 1.03 bits per heavy atom. The molecule has 4 rings (SSSR count). The van der Waals surface area contributed by atoms with Crippen LogP contribution in [0.15, 0.2) is 70.2 Å². The van der Waals surface area contributed by atoms with Crippen molar-refractivity contribution in [2.45, 2.75) is 44.3 Å². The van der Waals surface area contributed by atoms with Gasteiger partial charge < -0.3 is 24.4 Å². The summed E-state index contributed by atoms with van der Waals surface area (Å²) in [5.74, 6) is -0.597. The molecule has 1 aliphatic rings. The first-order valence-corrected chi connectivity index (χ1v) is 11.0. The lowest BCUT2D eigenvalue weighted by molar-refractivity contribution is -0.141. The summed E-state index contributed by atoms with van der Waals surface area (Å²) in [7, 11) is 0. The van der Waals surface area contributed by atoms with Crippen molar-refractivity contribution >= 4 is 17.7 Å². The van der Waals surface area contributed by atoms with Crippen molar-refractivity contribution in [3.05, 3.63) is 78.4 Å². The second-order valence-electron chi connectivity index (χ2n) is 7.93. The van der Waals surface area contributed by atoms with Crippen LogP contribution in [0.1, 0.15) is 53.6 Å². The third kappa shape index (κ3) is 5.68. The van der Waals surface area contributed by atoms with Crippen molar-refractivity contribution in [1.29, 1.82) is 0 Å². The Morgan fingerprint density at radius 2 is 1.76 bits per heavy atom. The number of furan rings is 2. The van der Waals surface area contributed by atoms with Crippen molar-refractivity contribution in [2.75, 3.05) is 6.54 Å². The fraction of sp³-hybridized carbons (Fsp3) is 0.333. The van der Waals surface area contributed by atoms with E-state index in [1.807, 2.05) is 0 Å². The number of pyridine rings is 1. The van der Waals surface area contributed by atoms with Crippen LogP contribution in [0.5, 0.6) is 0 Å². The molecule has 0 bridgehead atoms. The largest absolute Gasteiger partial charge is 0.467 e. The molecule has 0 aliphatic heterocycles. The highest BCUT2D eigenvalue weighted by Gasteiger charge is 2.34. The van der Waals surface area contributed by atoms with Gasteiger partial charge in [0.15, 0.2) is 5.76 Å². The molecule has 1 unspecified atom stereocenters. The van der Waals surface area contributed by atoms with Gasteiger partial charge in [0.25, 0.3) is 5.91 Å². The van der Waals surface area contributed by atoms with Gasteiger partial charge in [0.1, 0.15) is 11.8 Å². The fourth-order valence-corrected chi connectivity index (χ4v) is 4.02. The molecule has 172 valence electrons. The number of hydrogen-bond donors (Lipinski definition) is 2. The van der Waals surface area contributed by atoms with E-state index in [-0.39, 0.29) is 30.8 Å². The third-order valence-corrected chi connectivity index (χ3v) is 5.66. The molecule has 0 aromatic carbocycles. The number of amides is 3. The van der Waals surface area contributed by atoms with Crippen molar-refractivity contribution < 1.29 is 23.2 Å². The highest BCUT2D eigenvalue weighted by atomic mass is 16.3. The smallest absolute Gasteiger partial charge is 0.287 e. The van der Waals surface area contributed by atoms with Crippen LogP contribution >= 0.6 is 0 Å². The zero-order chi connectivity index (χ0) is 23.0. The van der Waals surface area contributed by atoms with Gasteiger partial charge in [0.2, 0.25) is 11.8 Å². The lowest BCUT2D eigenvalue weighted by atomic mass is 10.0. The van der Waals surface area contributed by atoms with Crippen LogP contribution in [0.4, 0.5) is 0 Å². The summed E-state index contributed by atoms with van der Waals surface area (Å²) in [6.45, 7) is -0.244. The van der Waals surface area contributed by atoms with Gasteiger partial charge in [-0.1, -0.05) is 12.8 Å². The predicted molar refractivity (Wildman–Crippen MR) is 118 cm³/mol. The lowest BCUT2D eigenvalue weighted by Crippen LogP contribution is -2.48. The molecular formula is C24H26N4O5. The van der Waals surface area contributed by atoms with E-state index in [2.05, 4.69) is 15.6 Å². The number of rotatable bonds is 9. The Kier molecular flexibility index (Phi) is 7.19. The number of carbonyl (C=O) groups is 3. The van der Waals surface area contributed by atoms with E-state index in [1.165, 1.54) is 23.5 Å². The van der Waals surface area contributed by atoms with E-state index in [9.17, 15) is 14.4 Å². The van der Waals surface area contributed by atoms with Gasteiger partial charge in [0.05, 0.1) is 25.6 Å². The summed E-state index contributed by atoms with van der Waals surface area (Å²) in [6.07, 6.45) is 10.0. The highest BCUT2D eigenvalue weighted by molar-refractivity contribution is 5.95. The van der Waals surface area contributed by atoms with Crippen LogP contribution in [0.2, 0.25) is 0 Å². The Balaban J connectivity index is 1.58. The van der Waals surface area contributed by atoms with Crippen LogP contribution in [0.25, 0.3) is 0 Å². The van der Waals surface area contributed by atoms with Gasteiger partial charge in [-0.25, -0.2) is 0 Å². The summed E-state index contributed by atoms with van der Waals surface area (Å²) in [6, 6.07) is 9.15. The molecule has 3 amide bonds. The predicted octanol–water partition coefficient (Wildman–Crippen LogP) is 2.83. The quantitative estimate of drug-likeness (QED) is 0.518. The first-order valence-electron chi connectivity index (χ1n) is 11.0. The molecule has 1 saturated carbocycles. The molecule has 1 aliphatic carbocycles. The van der Waals surface area contributed by atoms with Gasteiger partial charge in [-0.15, -0.1) is 0 Å². The van der Waals surface area contributed by atoms with Crippen LogP contribution < -0.4 is 10.6 Å². The molecule has 3 aromatic rings. The van der Waals surface area contributed by atoms with Crippen molar-refractivity contribution in [3.63, 3.8) is 0 Å². The second kappa shape index (κ2) is 10.6. The summed E-state index contributed by atoms with van der Waals surface area (Å²) in [5, 5.41) is 5.66. The van der Waals surface area contributed by atoms with Gasteiger partial charge in [0, 0.05) is 18.4 Å². The molecule has 9 nitrogen and oxygen atoms in total. The number of carbonyl (C=O) groups excluding carboxylic acids is 3. The summed E-state index contributed by atoms with van der Waals surface area (Å²) >= 11 is 0. The Hall–Kier alpha value is -3.88. The average molecular weight is 450 g/mol. The normalized spacial score (nSPS) is 14.5. The number of nitrogens with zero attached hydrogens (tertiary/aromatic N) is 2. The average Bonchev–Trinajstić information content (AvgIpc) is 3.61. The molecule has 9 heteroatoms. The maximum atomic E-state index is 13.4. The fourth-order valence-electron chi connectivity index (χ4n) is 4.02. The number of hydrogen-bond acceptors (Lipinski definition) is 6. The molecule has 1 fully saturated rings. The molecule has 3 aromatic heterocycles. The van der Waals surface area contributed by atoms with E-state index in [0.29, 0.717) is 11.3 Å². The lowest BCUT2D eigenvalue weighted by Gasteiger charge is -2.31. The Morgan fingerprint density at radius 3 is 2.42 bits per heavy atom. The molecule has 0 spiro atoms. The number of nitrogens with one attached hydrogen (secondary N) is 2. The molecule has 0 saturated heterocycles.